The summed E-state index contributed by atoms with van der Waals surface area (Å²) in [6.45, 7) is 2.83. The quantitative estimate of drug-likeness (QED) is 0.692. The fourth-order valence-corrected chi connectivity index (χ4v) is 2.37. The van der Waals surface area contributed by atoms with Crippen LogP contribution in [0.5, 0.6) is 5.75 Å². The van der Waals surface area contributed by atoms with Crippen molar-refractivity contribution in [3.8, 4) is 22.7 Å². The molecule has 0 N–H and O–H groups in total. The van der Waals surface area contributed by atoms with Gasteiger partial charge in [0.1, 0.15) is 11.4 Å². The van der Waals surface area contributed by atoms with Crippen LogP contribution >= 0.6 is 0 Å². The van der Waals surface area contributed by atoms with E-state index in [0.29, 0.717) is 0 Å². The maximum absolute atomic E-state index is 5.60. The molecule has 1 heterocycles. The summed E-state index contributed by atoms with van der Waals surface area (Å²) in [4.78, 5) is 2.07. The van der Waals surface area contributed by atoms with Crippen molar-refractivity contribution < 1.29 is 4.74 Å². The molecule has 5 heteroatoms. The molecule has 0 saturated carbocycles. The number of nitrogens with zero attached hydrogens (tertiary/aromatic N) is 4. The highest BCUT2D eigenvalue weighted by atomic mass is 16.5. The third kappa shape index (κ3) is 3.56. The SMILES string of the molecule is CCCOc1ccc(-n2cc(-c3ccc(N(C)C)cc3)nn2)cc1. The van der Waals surface area contributed by atoms with Gasteiger partial charge in [-0.25, -0.2) is 4.68 Å². The lowest BCUT2D eigenvalue weighted by atomic mass is 10.1. The van der Waals surface area contributed by atoms with E-state index in [1.54, 1.807) is 4.68 Å². The molecule has 0 aliphatic heterocycles. The molecule has 2 aromatic carbocycles. The summed E-state index contributed by atoms with van der Waals surface area (Å²) in [5, 5.41) is 8.51. The first-order valence-electron chi connectivity index (χ1n) is 8.10. The van der Waals surface area contributed by atoms with E-state index in [4.69, 9.17) is 4.74 Å². The van der Waals surface area contributed by atoms with Crippen LogP contribution in [0.1, 0.15) is 13.3 Å². The van der Waals surface area contributed by atoms with E-state index in [0.717, 1.165) is 41.4 Å². The predicted molar refractivity (Wildman–Crippen MR) is 96.9 cm³/mol. The Bertz CT molecular complexity index is 776. The van der Waals surface area contributed by atoms with E-state index >= 15 is 0 Å². The van der Waals surface area contributed by atoms with E-state index in [-0.39, 0.29) is 0 Å². The Morgan fingerprint density at radius 3 is 2.33 bits per heavy atom. The topological polar surface area (TPSA) is 43.2 Å². The monoisotopic (exact) mass is 322 g/mol. The zero-order valence-corrected chi connectivity index (χ0v) is 14.3. The van der Waals surface area contributed by atoms with Gasteiger partial charge in [-0.05, 0) is 42.8 Å². The molecule has 1 aromatic heterocycles. The molecule has 5 nitrogen and oxygen atoms in total. The van der Waals surface area contributed by atoms with Crippen molar-refractivity contribution in [2.45, 2.75) is 13.3 Å². The van der Waals surface area contributed by atoms with Crippen molar-refractivity contribution in [1.29, 1.82) is 0 Å². The summed E-state index contributed by atoms with van der Waals surface area (Å²) in [5.41, 5.74) is 4.03. The van der Waals surface area contributed by atoms with Crippen molar-refractivity contribution in [1.82, 2.24) is 15.0 Å². The average molecular weight is 322 g/mol. The van der Waals surface area contributed by atoms with Gasteiger partial charge in [-0.1, -0.05) is 24.3 Å². The zero-order valence-electron chi connectivity index (χ0n) is 14.3. The molecule has 0 spiro atoms. The van der Waals surface area contributed by atoms with Gasteiger partial charge >= 0.3 is 0 Å². The van der Waals surface area contributed by atoms with E-state index in [2.05, 4.69) is 46.4 Å². The van der Waals surface area contributed by atoms with Gasteiger partial charge in [-0.2, -0.15) is 0 Å². The molecule has 3 rings (SSSR count). The first-order chi connectivity index (χ1) is 11.7. The second-order valence-electron chi connectivity index (χ2n) is 5.83. The number of anilines is 1. The average Bonchev–Trinajstić information content (AvgIpc) is 3.10. The molecule has 0 bridgehead atoms. The van der Waals surface area contributed by atoms with Crippen LogP contribution in [-0.4, -0.2) is 35.7 Å². The molecular formula is C19H22N4O. The Morgan fingerprint density at radius 1 is 1.00 bits per heavy atom. The third-order valence-corrected chi connectivity index (χ3v) is 3.75. The molecule has 0 atom stereocenters. The van der Waals surface area contributed by atoms with Crippen molar-refractivity contribution in [3.63, 3.8) is 0 Å². The van der Waals surface area contributed by atoms with Crippen LogP contribution in [0.25, 0.3) is 16.9 Å². The molecule has 0 aliphatic rings. The standard InChI is InChI=1S/C19H22N4O/c1-4-13-24-18-11-9-17(10-12-18)23-14-19(20-21-23)15-5-7-16(8-6-15)22(2)3/h5-12,14H,4,13H2,1-3H3. The molecule has 0 unspecified atom stereocenters. The predicted octanol–water partition coefficient (Wildman–Crippen LogP) is 3.79. The number of hydrogen-bond acceptors (Lipinski definition) is 4. The molecule has 124 valence electrons. The van der Waals surface area contributed by atoms with Crippen LogP contribution in [0.3, 0.4) is 0 Å². The summed E-state index contributed by atoms with van der Waals surface area (Å²) in [7, 11) is 4.05. The van der Waals surface area contributed by atoms with Crippen LogP contribution in [0.15, 0.2) is 54.7 Å². The third-order valence-electron chi connectivity index (χ3n) is 3.75. The van der Waals surface area contributed by atoms with Gasteiger partial charge in [0.25, 0.3) is 0 Å². The molecule has 0 aliphatic carbocycles. The molecule has 0 radical (unpaired) electrons. The number of rotatable bonds is 6. The minimum atomic E-state index is 0.732. The minimum absolute atomic E-state index is 0.732. The second-order valence-corrected chi connectivity index (χ2v) is 5.83. The van der Waals surface area contributed by atoms with Gasteiger partial charge in [0.05, 0.1) is 18.5 Å². The number of ether oxygens (including phenoxy) is 1. The normalized spacial score (nSPS) is 10.6. The molecule has 0 amide bonds. The first kappa shape index (κ1) is 16.1. The van der Waals surface area contributed by atoms with Crippen LogP contribution in [0.4, 0.5) is 5.69 Å². The highest BCUT2D eigenvalue weighted by molar-refractivity contribution is 5.62. The van der Waals surface area contributed by atoms with Gasteiger partial charge in [-0.3, -0.25) is 0 Å². The Hall–Kier alpha value is -2.82. The lowest BCUT2D eigenvalue weighted by Crippen LogP contribution is -2.07. The zero-order chi connectivity index (χ0) is 16.9. The number of benzene rings is 2. The van der Waals surface area contributed by atoms with Gasteiger partial charge in [0.15, 0.2) is 0 Å². The first-order valence-corrected chi connectivity index (χ1v) is 8.10. The van der Waals surface area contributed by atoms with Gasteiger partial charge in [-0.15, -0.1) is 5.10 Å². The smallest absolute Gasteiger partial charge is 0.119 e. The molecule has 0 saturated heterocycles. The fraction of sp³-hybridized carbons (Fsp3) is 0.263. The van der Waals surface area contributed by atoms with E-state index < -0.39 is 0 Å². The van der Waals surface area contributed by atoms with Crippen molar-refractivity contribution in [2.75, 3.05) is 25.6 Å². The lowest BCUT2D eigenvalue weighted by Gasteiger charge is -2.11. The Kier molecular flexibility index (Phi) is 4.79. The molecular weight excluding hydrogens is 300 g/mol. The van der Waals surface area contributed by atoms with Crippen LogP contribution in [0.2, 0.25) is 0 Å². The summed E-state index contributed by atoms with van der Waals surface area (Å²) < 4.78 is 7.38. The summed E-state index contributed by atoms with van der Waals surface area (Å²) in [6, 6.07) is 16.2. The summed E-state index contributed by atoms with van der Waals surface area (Å²) in [6.07, 6.45) is 2.94. The Morgan fingerprint density at radius 2 is 1.71 bits per heavy atom. The Balaban J connectivity index is 1.77. The second kappa shape index (κ2) is 7.17. The maximum Gasteiger partial charge on any atom is 0.119 e. The van der Waals surface area contributed by atoms with Crippen molar-refractivity contribution in [3.05, 3.63) is 54.7 Å². The summed E-state index contributed by atoms with van der Waals surface area (Å²) in [5.74, 6) is 0.875. The van der Waals surface area contributed by atoms with E-state index in [1.165, 1.54) is 0 Å². The van der Waals surface area contributed by atoms with Crippen LogP contribution in [-0.2, 0) is 0 Å². The molecule has 0 fully saturated rings. The van der Waals surface area contributed by atoms with Crippen LogP contribution < -0.4 is 9.64 Å². The maximum atomic E-state index is 5.60. The summed E-state index contributed by atoms with van der Waals surface area (Å²) >= 11 is 0. The lowest BCUT2D eigenvalue weighted by molar-refractivity contribution is 0.317. The Labute approximate surface area is 142 Å². The number of aromatic nitrogens is 3. The fourth-order valence-electron chi connectivity index (χ4n) is 2.37. The van der Waals surface area contributed by atoms with Gasteiger partial charge in [0.2, 0.25) is 0 Å². The van der Waals surface area contributed by atoms with Crippen molar-refractivity contribution >= 4 is 5.69 Å². The highest BCUT2D eigenvalue weighted by Gasteiger charge is 2.06. The van der Waals surface area contributed by atoms with Crippen LogP contribution in [0, 0.1) is 0 Å². The minimum Gasteiger partial charge on any atom is -0.494 e. The molecule has 3 aromatic rings. The van der Waals surface area contributed by atoms with Gasteiger partial charge < -0.3 is 9.64 Å². The van der Waals surface area contributed by atoms with E-state index in [1.807, 2.05) is 44.6 Å². The number of hydrogen-bond donors (Lipinski definition) is 0. The molecule has 24 heavy (non-hydrogen) atoms. The largest absolute Gasteiger partial charge is 0.494 e. The van der Waals surface area contributed by atoms with Crippen molar-refractivity contribution in [2.24, 2.45) is 0 Å². The van der Waals surface area contributed by atoms with E-state index in [9.17, 15) is 0 Å². The van der Waals surface area contributed by atoms with Gasteiger partial charge in [0, 0.05) is 25.3 Å². The highest BCUT2D eigenvalue weighted by Crippen LogP contribution is 2.22.